The van der Waals surface area contributed by atoms with E-state index < -0.39 is 0 Å². The van der Waals surface area contributed by atoms with Crippen molar-refractivity contribution in [2.45, 2.75) is 32.7 Å². The zero-order valence-corrected chi connectivity index (χ0v) is 12.1. The third-order valence-corrected chi connectivity index (χ3v) is 3.17. The lowest BCUT2D eigenvalue weighted by atomic mass is 9.86. The first-order valence-electron chi connectivity index (χ1n) is 6.52. The van der Waals surface area contributed by atoms with Gasteiger partial charge in [-0.05, 0) is 11.0 Å². The Morgan fingerprint density at radius 1 is 1.30 bits per heavy atom. The summed E-state index contributed by atoms with van der Waals surface area (Å²) in [7, 11) is 0. The molecule has 1 aromatic carbocycles. The molecule has 0 amide bonds. The first kappa shape index (κ1) is 14.0. The molecule has 0 aliphatic carbocycles. The van der Waals surface area contributed by atoms with Crippen LogP contribution in [0.5, 0.6) is 0 Å². The maximum absolute atomic E-state index is 9.15. The second kappa shape index (κ2) is 5.30. The Balaban J connectivity index is 2.49. The van der Waals surface area contributed by atoms with Gasteiger partial charge in [0.25, 0.3) is 0 Å². The molecule has 1 aromatic heterocycles. The smallest absolute Gasteiger partial charge is 0.190 e. The van der Waals surface area contributed by atoms with Gasteiger partial charge in [-0.25, -0.2) is 4.68 Å². The van der Waals surface area contributed by atoms with E-state index in [4.69, 9.17) is 5.26 Å². The summed E-state index contributed by atoms with van der Waals surface area (Å²) in [5.41, 5.74) is 3.39. The minimum atomic E-state index is 0.107. The molecule has 0 aliphatic rings. The zero-order chi connectivity index (χ0) is 14.8. The van der Waals surface area contributed by atoms with Crippen molar-refractivity contribution in [1.29, 1.82) is 5.26 Å². The Morgan fingerprint density at radius 2 is 1.95 bits per heavy atom. The van der Waals surface area contributed by atoms with E-state index in [1.54, 1.807) is 10.8 Å². The summed E-state index contributed by atoms with van der Waals surface area (Å²) in [4.78, 5) is 0. The number of aromatic nitrogens is 3. The van der Waals surface area contributed by atoms with E-state index in [0.717, 1.165) is 11.3 Å². The van der Waals surface area contributed by atoms with Crippen molar-refractivity contribution in [1.82, 2.24) is 15.0 Å². The van der Waals surface area contributed by atoms with Crippen LogP contribution in [0.15, 0.2) is 36.9 Å². The zero-order valence-electron chi connectivity index (χ0n) is 12.1. The summed E-state index contributed by atoms with van der Waals surface area (Å²) in [5.74, 6) is 0. The molecule has 0 unspecified atom stereocenters. The number of hydrogen-bond acceptors (Lipinski definition) is 3. The van der Waals surface area contributed by atoms with E-state index in [1.165, 1.54) is 5.56 Å². The van der Waals surface area contributed by atoms with Crippen LogP contribution in [-0.4, -0.2) is 15.0 Å². The third-order valence-electron chi connectivity index (χ3n) is 3.17. The lowest BCUT2D eigenvalue weighted by molar-refractivity contribution is 0.590. The van der Waals surface area contributed by atoms with E-state index in [1.807, 2.05) is 12.1 Å². The molecule has 0 bridgehead atoms. The van der Waals surface area contributed by atoms with Crippen molar-refractivity contribution in [3.63, 3.8) is 0 Å². The number of benzene rings is 1. The van der Waals surface area contributed by atoms with Crippen LogP contribution < -0.4 is 0 Å². The highest BCUT2D eigenvalue weighted by atomic mass is 15.4. The van der Waals surface area contributed by atoms with Crippen LogP contribution in [0.2, 0.25) is 0 Å². The molecule has 0 N–H and O–H groups in total. The number of nitriles is 1. The summed E-state index contributed by atoms with van der Waals surface area (Å²) in [6.45, 7) is 10.8. The molecule has 102 valence electrons. The molecule has 2 aromatic rings. The van der Waals surface area contributed by atoms with Gasteiger partial charge in [-0.1, -0.05) is 56.3 Å². The molecular formula is C16H18N4. The summed E-state index contributed by atoms with van der Waals surface area (Å²) >= 11 is 0. The lowest BCUT2D eigenvalue weighted by Gasteiger charge is -2.19. The van der Waals surface area contributed by atoms with Crippen molar-refractivity contribution < 1.29 is 0 Å². The average molecular weight is 266 g/mol. The minimum absolute atomic E-state index is 0.107. The number of allylic oxidation sites excluding steroid dienone is 1. The number of rotatable bonds is 3. The van der Waals surface area contributed by atoms with Crippen LogP contribution >= 0.6 is 0 Å². The van der Waals surface area contributed by atoms with Crippen LogP contribution in [0.4, 0.5) is 0 Å². The Hall–Kier alpha value is -2.41. The van der Waals surface area contributed by atoms with Crippen LogP contribution in [0, 0.1) is 11.3 Å². The second-order valence-corrected chi connectivity index (χ2v) is 5.70. The quantitative estimate of drug-likeness (QED) is 0.801. The second-order valence-electron chi connectivity index (χ2n) is 5.70. The molecule has 0 spiro atoms. The molecule has 0 radical (unpaired) electrons. The molecule has 4 heteroatoms. The maximum Gasteiger partial charge on any atom is 0.190 e. The van der Waals surface area contributed by atoms with Crippen molar-refractivity contribution in [3.05, 3.63) is 48.2 Å². The summed E-state index contributed by atoms with van der Waals surface area (Å²) in [5, 5.41) is 17.1. The first-order chi connectivity index (χ1) is 9.47. The van der Waals surface area contributed by atoms with Gasteiger partial charge in [0, 0.05) is 5.56 Å². The first-order valence-corrected chi connectivity index (χ1v) is 6.52. The van der Waals surface area contributed by atoms with Crippen molar-refractivity contribution in [2.24, 2.45) is 0 Å². The van der Waals surface area contributed by atoms with Gasteiger partial charge < -0.3 is 0 Å². The van der Waals surface area contributed by atoms with Crippen LogP contribution in [0.1, 0.15) is 32.0 Å². The van der Waals surface area contributed by atoms with Crippen molar-refractivity contribution in [2.75, 3.05) is 0 Å². The Labute approximate surface area is 119 Å². The molecule has 0 fully saturated rings. The fraction of sp³-hybridized carbons (Fsp3) is 0.312. The van der Waals surface area contributed by atoms with E-state index in [2.05, 4.69) is 55.9 Å². The topological polar surface area (TPSA) is 54.5 Å². The average Bonchev–Trinajstić information content (AvgIpc) is 2.81. The predicted molar refractivity (Wildman–Crippen MR) is 79.1 cm³/mol. The van der Waals surface area contributed by atoms with Gasteiger partial charge in [-0.2, -0.15) is 5.26 Å². The highest BCUT2D eigenvalue weighted by molar-refractivity contribution is 5.65. The normalized spacial score (nSPS) is 11.1. The largest absolute Gasteiger partial charge is 0.239 e. The highest BCUT2D eigenvalue weighted by Gasteiger charge is 2.16. The van der Waals surface area contributed by atoms with E-state index in [9.17, 15) is 0 Å². The predicted octanol–water partition coefficient (Wildman–Crippen LogP) is 3.30. The SMILES string of the molecule is C=CCn1nnc(C#N)c1-c1ccc(C(C)(C)C)cc1. The molecule has 0 saturated heterocycles. The maximum atomic E-state index is 9.15. The lowest BCUT2D eigenvalue weighted by Crippen LogP contribution is -2.10. The van der Waals surface area contributed by atoms with Gasteiger partial charge in [0.15, 0.2) is 5.69 Å². The third kappa shape index (κ3) is 2.62. The summed E-state index contributed by atoms with van der Waals surface area (Å²) < 4.78 is 1.69. The number of nitrogens with zero attached hydrogens (tertiary/aromatic N) is 4. The van der Waals surface area contributed by atoms with E-state index in [-0.39, 0.29) is 5.41 Å². The molecule has 2 rings (SSSR count). The molecule has 20 heavy (non-hydrogen) atoms. The fourth-order valence-corrected chi connectivity index (χ4v) is 2.05. The summed E-state index contributed by atoms with van der Waals surface area (Å²) in [6, 6.07) is 10.3. The molecular weight excluding hydrogens is 248 g/mol. The van der Waals surface area contributed by atoms with E-state index in [0.29, 0.717) is 12.2 Å². The number of hydrogen-bond donors (Lipinski definition) is 0. The van der Waals surface area contributed by atoms with Gasteiger partial charge in [0.2, 0.25) is 0 Å². The minimum Gasteiger partial charge on any atom is -0.239 e. The Kier molecular flexibility index (Phi) is 3.71. The monoisotopic (exact) mass is 266 g/mol. The van der Waals surface area contributed by atoms with Gasteiger partial charge in [0.05, 0.1) is 6.54 Å². The summed E-state index contributed by atoms with van der Waals surface area (Å²) in [6.07, 6.45) is 1.74. The molecule has 0 atom stereocenters. The van der Waals surface area contributed by atoms with Crippen LogP contribution in [-0.2, 0) is 12.0 Å². The van der Waals surface area contributed by atoms with Gasteiger partial charge in [-0.3, -0.25) is 0 Å². The molecule has 4 nitrogen and oxygen atoms in total. The highest BCUT2D eigenvalue weighted by Crippen LogP contribution is 2.27. The van der Waals surface area contributed by atoms with E-state index >= 15 is 0 Å². The standard InChI is InChI=1S/C16H18N4/c1-5-10-20-15(14(11-17)18-19-20)12-6-8-13(9-7-12)16(2,3)4/h5-9H,1,10H2,2-4H3. The molecule has 1 heterocycles. The molecule has 0 saturated carbocycles. The van der Waals surface area contributed by atoms with Crippen LogP contribution in [0.3, 0.4) is 0 Å². The molecule has 0 aliphatic heterocycles. The van der Waals surface area contributed by atoms with Crippen molar-refractivity contribution >= 4 is 0 Å². The van der Waals surface area contributed by atoms with Crippen LogP contribution in [0.25, 0.3) is 11.3 Å². The van der Waals surface area contributed by atoms with Gasteiger partial charge in [-0.15, -0.1) is 11.7 Å². The van der Waals surface area contributed by atoms with Crippen molar-refractivity contribution in [3.8, 4) is 17.3 Å². The fourth-order valence-electron chi connectivity index (χ4n) is 2.05. The van der Waals surface area contributed by atoms with Gasteiger partial charge >= 0.3 is 0 Å². The van der Waals surface area contributed by atoms with Gasteiger partial charge in [0.1, 0.15) is 11.8 Å². The Bertz CT molecular complexity index is 651. The Morgan fingerprint density at radius 3 is 2.45 bits per heavy atom.